The lowest BCUT2D eigenvalue weighted by Gasteiger charge is -2.56. The van der Waals surface area contributed by atoms with E-state index >= 15 is 0 Å². The number of ether oxygens (including phenoxy) is 1. The monoisotopic (exact) mass is 223 g/mol. The van der Waals surface area contributed by atoms with Crippen LogP contribution in [0.15, 0.2) is 12.8 Å². The molecule has 16 heavy (non-hydrogen) atoms. The van der Waals surface area contributed by atoms with Gasteiger partial charge < -0.3 is 4.74 Å². The van der Waals surface area contributed by atoms with Crippen LogP contribution in [0.25, 0.3) is 0 Å². The summed E-state index contributed by atoms with van der Waals surface area (Å²) < 4.78 is 5.68. The average molecular weight is 223 g/mol. The largest absolute Gasteiger partial charge is 0.495 e. The molecule has 2 unspecified atom stereocenters. The third kappa shape index (κ3) is 1.22. The van der Waals surface area contributed by atoms with Crippen molar-refractivity contribution in [1.82, 2.24) is 0 Å². The van der Waals surface area contributed by atoms with Gasteiger partial charge in [-0.3, -0.25) is 10.1 Å². The van der Waals surface area contributed by atoms with Gasteiger partial charge in [0.2, 0.25) is 5.54 Å². The summed E-state index contributed by atoms with van der Waals surface area (Å²) in [6.45, 7) is 3.61. The molecule has 0 aromatic rings. The van der Waals surface area contributed by atoms with Crippen LogP contribution in [0.4, 0.5) is 0 Å². The van der Waals surface area contributed by atoms with E-state index in [1.54, 1.807) is 0 Å². The van der Waals surface area contributed by atoms with E-state index in [0.717, 1.165) is 32.1 Å². The average Bonchev–Trinajstić information content (AvgIpc) is 2.14. The first-order valence-corrected chi connectivity index (χ1v) is 6.01. The minimum absolute atomic E-state index is 0.0360. The molecule has 0 radical (unpaired) electrons. The smallest absolute Gasteiger partial charge is 0.226 e. The molecule has 4 aliphatic rings. The maximum atomic E-state index is 11.3. The van der Waals surface area contributed by atoms with Crippen LogP contribution in [0.2, 0.25) is 0 Å². The normalized spacial score (nSPS) is 49.0. The molecule has 0 spiro atoms. The second-order valence-corrected chi connectivity index (χ2v) is 5.91. The van der Waals surface area contributed by atoms with Crippen molar-refractivity contribution in [2.24, 2.45) is 11.8 Å². The molecule has 0 aromatic heterocycles. The lowest BCUT2D eigenvalue weighted by molar-refractivity contribution is -0.592. The zero-order valence-corrected chi connectivity index (χ0v) is 9.35. The first kappa shape index (κ1) is 10.1. The zero-order chi connectivity index (χ0) is 11.4. The van der Waals surface area contributed by atoms with Crippen molar-refractivity contribution in [2.45, 2.75) is 49.7 Å². The molecule has 0 N–H and O–H groups in total. The van der Waals surface area contributed by atoms with Crippen LogP contribution in [-0.4, -0.2) is 16.1 Å². The van der Waals surface area contributed by atoms with E-state index in [9.17, 15) is 10.1 Å². The van der Waals surface area contributed by atoms with Crippen molar-refractivity contribution >= 4 is 0 Å². The summed E-state index contributed by atoms with van der Waals surface area (Å²) in [5.41, 5.74) is -0.952. The summed E-state index contributed by atoms with van der Waals surface area (Å²) in [4.78, 5) is 11.3. The van der Waals surface area contributed by atoms with Crippen LogP contribution in [-0.2, 0) is 4.74 Å². The number of rotatable bonds is 3. The highest BCUT2D eigenvalue weighted by Crippen LogP contribution is 2.59. The summed E-state index contributed by atoms with van der Waals surface area (Å²) in [6, 6.07) is 0. The molecular formula is C12H17NO3. The second-order valence-electron chi connectivity index (χ2n) is 5.91. The van der Waals surface area contributed by atoms with Crippen molar-refractivity contribution in [3.05, 3.63) is 23.0 Å². The fourth-order valence-electron chi connectivity index (χ4n) is 4.66. The zero-order valence-electron chi connectivity index (χ0n) is 9.35. The van der Waals surface area contributed by atoms with Crippen molar-refractivity contribution in [3.8, 4) is 0 Å². The quantitative estimate of drug-likeness (QED) is 0.419. The van der Waals surface area contributed by atoms with Gasteiger partial charge in [-0.1, -0.05) is 6.58 Å². The highest BCUT2D eigenvalue weighted by atomic mass is 16.6. The molecule has 4 aliphatic carbocycles. The molecule has 0 amide bonds. The summed E-state index contributed by atoms with van der Waals surface area (Å²) in [5.74, 6) is 0.984. The highest BCUT2D eigenvalue weighted by molar-refractivity contribution is 5.10. The Morgan fingerprint density at radius 3 is 2.44 bits per heavy atom. The molecule has 88 valence electrons. The van der Waals surface area contributed by atoms with Gasteiger partial charge in [0, 0.05) is 17.8 Å². The van der Waals surface area contributed by atoms with Gasteiger partial charge in [0.15, 0.2) is 0 Å². The molecule has 0 heterocycles. The lowest BCUT2D eigenvalue weighted by Crippen LogP contribution is -2.62. The second kappa shape index (κ2) is 2.99. The Kier molecular flexibility index (Phi) is 1.89. The van der Waals surface area contributed by atoms with Crippen molar-refractivity contribution < 1.29 is 9.66 Å². The molecule has 0 saturated heterocycles. The van der Waals surface area contributed by atoms with Crippen molar-refractivity contribution in [1.29, 1.82) is 0 Å². The maximum absolute atomic E-state index is 11.3. The first-order chi connectivity index (χ1) is 7.57. The Hall–Kier alpha value is -1.06. The third-order valence-corrected chi connectivity index (χ3v) is 4.70. The van der Waals surface area contributed by atoms with Crippen LogP contribution >= 0.6 is 0 Å². The first-order valence-electron chi connectivity index (χ1n) is 6.01. The van der Waals surface area contributed by atoms with E-state index in [0.29, 0.717) is 18.3 Å². The Morgan fingerprint density at radius 1 is 1.31 bits per heavy atom. The molecule has 4 fully saturated rings. The van der Waals surface area contributed by atoms with Gasteiger partial charge in [-0.2, -0.15) is 0 Å². The van der Waals surface area contributed by atoms with E-state index in [1.807, 2.05) is 0 Å². The Bertz CT molecular complexity index is 338. The molecule has 2 atom stereocenters. The van der Waals surface area contributed by atoms with Crippen LogP contribution in [0.5, 0.6) is 0 Å². The standard InChI is InChI=1S/C12H17NO3/c1-2-16-12-6-9-3-10(7-12)5-11(4-9,8-12)13(14)15/h2,9-10H,1,3-8H2. The van der Waals surface area contributed by atoms with Gasteiger partial charge in [-0.15, -0.1) is 0 Å². The molecule has 4 saturated carbocycles. The van der Waals surface area contributed by atoms with Crippen molar-refractivity contribution in [3.63, 3.8) is 0 Å². The summed E-state index contributed by atoms with van der Waals surface area (Å²) >= 11 is 0. The minimum atomic E-state index is -0.687. The van der Waals surface area contributed by atoms with Crippen LogP contribution < -0.4 is 0 Å². The molecule has 4 heteroatoms. The van der Waals surface area contributed by atoms with Crippen molar-refractivity contribution in [2.75, 3.05) is 0 Å². The molecule has 4 rings (SSSR count). The number of nitrogens with zero attached hydrogens (tertiary/aromatic N) is 1. The van der Waals surface area contributed by atoms with Gasteiger partial charge in [-0.05, 0) is 31.1 Å². The van der Waals surface area contributed by atoms with E-state index in [2.05, 4.69) is 6.58 Å². The van der Waals surface area contributed by atoms with Crippen LogP contribution in [0, 0.1) is 22.0 Å². The Balaban J connectivity index is 1.96. The topological polar surface area (TPSA) is 52.4 Å². The van der Waals surface area contributed by atoms with E-state index < -0.39 is 5.54 Å². The number of hydrogen-bond donors (Lipinski definition) is 0. The minimum Gasteiger partial charge on any atom is -0.495 e. The van der Waals surface area contributed by atoms with Gasteiger partial charge in [-0.25, -0.2) is 0 Å². The summed E-state index contributed by atoms with van der Waals surface area (Å²) in [5, 5.41) is 11.3. The van der Waals surface area contributed by atoms with E-state index in [-0.39, 0.29) is 10.5 Å². The highest BCUT2D eigenvalue weighted by Gasteiger charge is 2.65. The SMILES string of the molecule is C=COC12CC3CC(C1)CC([N+](=O)[O-])(C3)C2. The van der Waals surface area contributed by atoms with E-state index in [1.165, 1.54) is 6.26 Å². The van der Waals surface area contributed by atoms with Crippen LogP contribution in [0.1, 0.15) is 38.5 Å². The predicted octanol–water partition coefficient (Wildman–Crippen LogP) is 2.51. The fraction of sp³-hybridized carbons (Fsp3) is 0.833. The fourth-order valence-corrected chi connectivity index (χ4v) is 4.66. The lowest BCUT2D eigenvalue weighted by atomic mass is 9.51. The van der Waals surface area contributed by atoms with Gasteiger partial charge >= 0.3 is 0 Å². The van der Waals surface area contributed by atoms with Gasteiger partial charge in [0.1, 0.15) is 5.60 Å². The number of nitro groups is 1. The molecule has 4 nitrogen and oxygen atoms in total. The molecular weight excluding hydrogens is 206 g/mol. The summed E-state index contributed by atoms with van der Waals surface area (Å²) in [7, 11) is 0. The number of hydrogen-bond acceptors (Lipinski definition) is 3. The summed E-state index contributed by atoms with van der Waals surface area (Å²) in [6.07, 6.45) is 6.73. The maximum Gasteiger partial charge on any atom is 0.226 e. The van der Waals surface area contributed by atoms with Crippen LogP contribution in [0.3, 0.4) is 0 Å². The molecule has 0 aliphatic heterocycles. The van der Waals surface area contributed by atoms with Gasteiger partial charge in [0.05, 0.1) is 12.7 Å². The van der Waals surface area contributed by atoms with Gasteiger partial charge in [0.25, 0.3) is 0 Å². The predicted molar refractivity (Wildman–Crippen MR) is 58.4 cm³/mol. The Morgan fingerprint density at radius 2 is 1.94 bits per heavy atom. The molecule has 4 bridgehead atoms. The van der Waals surface area contributed by atoms with E-state index in [4.69, 9.17) is 4.74 Å². The Labute approximate surface area is 94.8 Å². The molecule has 0 aromatic carbocycles. The third-order valence-electron chi connectivity index (χ3n) is 4.70.